The highest BCUT2D eigenvalue weighted by Crippen LogP contribution is 2.37. The summed E-state index contributed by atoms with van der Waals surface area (Å²) < 4.78 is 13.7. The quantitative estimate of drug-likeness (QED) is 0.750. The first-order valence-corrected chi connectivity index (χ1v) is 7.54. The molecule has 0 amide bonds. The van der Waals surface area contributed by atoms with Crippen molar-refractivity contribution in [2.75, 3.05) is 13.7 Å². The van der Waals surface area contributed by atoms with Crippen LogP contribution in [0, 0.1) is 0 Å². The number of carbonyl (C=O) groups is 1. The van der Waals surface area contributed by atoms with E-state index in [-0.39, 0.29) is 11.8 Å². The largest absolute Gasteiger partial charge is 0.493 e. The van der Waals surface area contributed by atoms with E-state index in [0.29, 0.717) is 11.5 Å². The van der Waals surface area contributed by atoms with Crippen LogP contribution in [0.4, 0.5) is 0 Å². The lowest BCUT2D eigenvalue weighted by Crippen LogP contribution is -2.10. The van der Waals surface area contributed by atoms with E-state index in [1.165, 1.54) is 13.2 Å². The normalized spacial score (nSPS) is 11.7. The van der Waals surface area contributed by atoms with Crippen LogP contribution < -0.4 is 9.47 Å². The Morgan fingerprint density at radius 3 is 2.62 bits per heavy atom. The number of carboxylic acid groups (broad SMARTS) is 1. The topological polar surface area (TPSA) is 94.7 Å². The van der Waals surface area contributed by atoms with Gasteiger partial charge in [0.05, 0.1) is 7.11 Å². The number of nitrogens with zero attached hydrogens (tertiary/aromatic N) is 2. The Kier molecular flexibility index (Phi) is 5.93. The van der Waals surface area contributed by atoms with Crippen molar-refractivity contribution in [3.8, 4) is 11.5 Å². The lowest BCUT2D eigenvalue weighted by atomic mass is 10.2. The Hall–Kier alpha value is -1.96. The second kappa shape index (κ2) is 7.74. The summed E-state index contributed by atoms with van der Waals surface area (Å²) in [6, 6.07) is 4.93. The van der Waals surface area contributed by atoms with E-state index in [1.807, 2.05) is 0 Å². The molecule has 7 nitrogen and oxygen atoms in total. The number of aliphatic carboxylic acids is 1. The third-order valence-electron chi connectivity index (χ3n) is 2.64. The predicted octanol–water partition coefficient (Wildman–Crippen LogP) is 3.54. The Balaban J connectivity index is 2.14. The Labute approximate surface area is 151 Å². The van der Waals surface area contributed by atoms with Crippen LogP contribution in [0.25, 0.3) is 12.2 Å². The number of aromatic nitrogens is 2. The van der Waals surface area contributed by atoms with Gasteiger partial charge in [0.15, 0.2) is 18.1 Å². The minimum absolute atomic E-state index is 0.137. The third-order valence-corrected chi connectivity index (χ3v) is 3.13. The maximum absolute atomic E-state index is 10.5. The molecule has 0 saturated heterocycles. The maximum Gasteiger partial charge on any atom is 0.341 e. The molecule has 1 aromatic carbocycles. The van der Waals surface area contributed by atoms with E-state index in [4.69, 9.17) is 53.8 Å². The highest BCUT2D eigenvalue weighted by Gasteiger charge is 2.29. The molecule has 0 unspecified atom stereocenters. The molecule has 0 aliphatic rings. The average Bonchev–Trinajstić information content (AvgIpc) is 3.00. The van der Waals surface area contributed by atoms with Crippen molar-refractivity contribution in [2.45, 2.75) is 3.79 Å². The Morgan fingerprint density at radius 2 is 2.04 bits per heavy atom. The summed E-state index contributed by atoms with van der Waals surface area (Å²) in [5, 5.41) is 16.0. The lowest BCUT2D eigenvalue weighted by Gasteiger charge is -2.09. The van der Waals surface area contributed by atoms with Gasteiger partial charge in [0.1, 0.15) is 0 Å². The minimum Gasteiger partial charge on any atom is -0.493 e. The molecule has 0 aliphatic heterocycles. The predicted molar refractivity (Wildman–Crippen MR) is 88.6 cm³/mol. The Morgan fingerprint density at radius 1 is 1.29 bits per heavy atom. The van der Waals surface area contributed by atoms with Crippen LogP contribution in [-0.4, -0.2) is 35.0 Å². The summed E-state index contributed by atoms with van der Waals surface area (Å²) in [5.74, 6) is -0.370. The fraction of sp³-hybridized carbons (Fsp3) is 0.214. The number of hydrogen-bond donors (Lipinski definition) is 1. The van der Waals surface area contributed by atoms with Gasteiger partial charge in [0.25, 0.3) is 9.68 Å². The standard InChI is InChI=1S/C14H11Cl3N2O5/c1-22-10-6-8(2-4-9(10)23-7-12(20)21)3-5-11-18-19-13(24-11)14(15,16)17/h2-6H,7H2,1H3,(H,20,21)/b5-3+. The molecule has 2 rings (SSSR count). The molecule has 10 heteroatoms. The molecule has 0 aliphatic carbocycles. The zero-order valence-electron chi connectivity index (χ0n) is 12.2. The molecule has 0 atom stereocenters. The summed E-state index contributed by atoms with van der Waals surface area (Å²) in [6.45, 7) is -0.465. The van der Waals surface area contributed by atoms with Crippen molar-refractivity contribution in [3.05, 3.63) is 35.5 Å². The second-order valence-electron chi connectivity index (χ2n) is 4.37. The summed E-state index contributed by atoms with van der Waals surface area (Å²) in [4.78, 5) is 10.5. The first kappa shape index (κ1) is 18.4. The van der Waals surface area contributed by atoms with Crippen molar-refractivity contribution in [3.63, 3.8) is 0 Å². The zero-order valence-corrected chi connectivity index (χ0v) is 14.5. The SMILES string of the molecule is COc1cc(/C=C/c2nnc(C(Cl)(Cl)Cl)o2)ccc1OCC(=O)O. The highest BCUT2D eigenvalue weighted by molar-refractivity contribution is 6.66. The summed E-state index contributed by atoms with van der Waals surface area (Å²) in [6.07, 6.45) is 3.19. The molecule has 1 heterocycles. The van der Waals surface area contributed by atoms with E-state index in [2.05, 4.69) is 10.2 Å². The fourth-order valence-corrected chi connectivity index (χ4v) is 1.86. The number of halogens is 3. The summed E-state index contributed by atoms with van der Waals surface area (Å²) in [7, 11) is 1.45. The van der Waals surface area contributed by atoms with Gasteiger partial charge in [0.2, 0.25) is 5.89 Å². The van der Waals surface area contributed by atoms with Crippen LogP contribution in [0.5, 0.6) is 11.5 Å². The van der Waals surface area contributed by atoms with Gasteiger partial charge in [0, 0.05) is 6.08 Å². The van der Waals surface area contributed by atoms with E-state index < -0.39 is 16.4 Å². The molecule has 128 valence electrons. The van der Waals surface area contributed by atoms with Gasteiger partial charge in [-0.05, 0) is 23.8 Å². The zero-order chi connectivity index (χ0) is 17.7. The van der Waals surface area contributed by atoms with Crippen molar-refractivity contribution in [2.24, 2.45) is 0 Å². The number of ether oxygens (including phenoxy) is 2. The molecular formula is C14H11Cl3N2O5. The van der Waals surface area contributed by atoms with Gasteiger partial charge < -0.3 is 19.0 Å². The molecule has 1 N–H and O–H groups in total. The third kappa shape index (κ3) is 5.02. The van der Waals surface area contributed by atoms with Gasteiger partial charge in [-0.15, -0.1) is 10.2 Å². The van der Waals surface area contributed by atoms with Crippen LogP contribution in [0.15, 0.2) is 22.6 Å². The molecule has 0 saturated carbocycles. The molecule has 0 bridgehead atoms. The van der Waals surface area contributed by atoms with Crippen molar-refractivity contribution in [1.82, 2.24) is 10.2 Å². The lowest BCUT2D eigenvalue weighted by molar-refractivity contribution is -0.139. The first-order chi connectivity index (χ1) is 11.3. The molecule has 0 spiro atoms. The van der Waals surface area contributed by atoms with Crippen LogP contribution in [0.3, 0.4) is 0 Å². The minimum atomic E-state index is -1.79. The van der Waals surface area contributed by atoms with Crippen LogP contribution in [-0.2, 0) is 8.59 Å². The molecule has 1 aromatic heterocycles. The van der Waals surface area contributed by atoms with Gasteiger partial charge in [-0.1, -0.05) is 40.9 Å². The van der Waals surface area contributed by atoms with Gasteiger partial charge in [-0.2, -0.15) is 0 Å². The Bertz CT molecular complexity index is 755. The van der Waals surface area contributed by atoms with Crippen LogP contribution in [0.2, 0.25) is 0 Å². The number of rotatable bonds is 6. The molecular weight excluding hydrogens is 383 g/mol. The summed E-state index contributed by atoms with van der Waals surface area (Å²) >= 11 is 16.9. The molecule has 2 aromatic rings. The van der Waals surface area contributed by atoms with Gasteiger partial charge >= 0.3 is 5.97 Å². The smallest absolute Gasteiger partial charge is 0.341 e. The first-order valence-electron chi connectivity index (χ1n) is 6.41. The average molecular weight is 394 g/mol. The van der Waals surface area contributed by atoms with E-state index in [0.717, 1.165) is 5.56 Å². The summed E-state index contributed by atoms with van der Waals surface area (Å²) in [5.41, 5.74) is 0.725. The van der Waals surface area contributed by atoms with Crippen LogP contribution in [0.1, 0.15) is 17.3 Å². The molecule has 24 heavy (non-hydrogen) atoms. The molecule has 0 fully saturated rings. The number of benzene rings is 1. The van der Waals surface area contributed by atoms with Crippen molar-refractivity contribution >= 4 is 52.9 Å². The van der Waals surface area contributed by atoms with E-state index >= 15 is 0 Å². The monoisotopic (exact) mass is 392 g/mol. The number of alkyl halides is 3. The second-order valence-corrected chi connectivity index (χ2v) is 6.65. The highest BCUT2D eigenvalue weighted by atomic mass is 35.6. The van der Waals surface area contributed by atoms with E-state index in [9.17, 15) is 4.79 Å². The van der Waals surface area contributed by atoms with Crippen LogP contribution >= 0.6 is 34.8 Å². The van der Waals surface area contributed by atoms with E-state index in [1.54, 1.807) is 24.3 Å². The number of hydrogen-bond acceptors (Lipinski definition) is 6. The van der Waals surface area contributed by atoms with Gasteiger partial charge in [-0.3, -0.25) is 0 Å². The van der Waals surface area contributed by atoms with Crippen molar-refractivity contribution in [1.29, 1.82) is 0 Å². The number of methoxy groups -OCH3 is 1. The van der Waals surface area contributed by atoms with Gasteiger partial charge in [-0.25, -0.2) is 4.79 Å². The van der Waals surface area contributed by atoms with Crippen molar-refractivity contribution < 1.29 is 23.8 Å². The fourth-order valence-electron chi connectivity index (χ4n) is 1.63. The maximum atomic E-state index is 10.5. The number of carboxylic acids is 1. The molecule has 0 radical (unpaired) electrons.